The van der Waals surface area contributed by atoms with Crippen LogP contribution in [0.15, 0.2) is 24.8 Å². The molecule has 1 aliphatic rings. The number of hydrogen-bond acceptors (Lipinski definition) is 3. The third-order valence-electron chi connectivity index (χ3n) is 3.31. The van der Waals surface area contributed by atoms with Crippen LogP contribution in [0.25, 0.3) is 0 Å². The molecule has 1 N–H and O–H groups in total. The van der Waals surface area contributed by atoms with Gasteiger partial charge in [-0.1, -0.05) is 6.08 Å². The van der Waals surface area contributed by atoms with Crippen LogP contribution >= 0.6 is 0 Å². The quantitative estimate of drug-likeness (QED) is 0.873. The summed E-state index contributed by atoms with van der Waals surface area (Å²) in [6.45, 7) is 5.50. The molecule has 2 rings (SSSR count). The smallest absolute Gasteiger partial charge is 0.372 e. The van der Waals surface area contributed by atoms with E-state index in [4.69, 9.17) is 4.74 Å². The molecule has 0 radical (unpaired) electrons. The van der Waals surface area contributed by atoms with Gasteiger partial charge in [0.1, 0.15) is 5.69 Å². The van der Waals surface area contributed by atoms with Crippen LogP contribution in [0.5, 0.6) is 0 Å². The molecular weight excluding hydrogens is 285 g/mol. The fourth-order valence-electron chi connectivity index (χ4n) is 2.20. The van der Waals surface area contributed by atoms with Crippen LogP contribution in [0, 0.1) is 6.92 Å². The van der Waals surface area contributed by atoms with E-state index in [-0.39, 0.29) is 23.4 Å². The Morgan fingerprint density at radius 3 is 2.81 bits per heavy atom. The number of pyridine rings is 1. The molecule has 0 unspecified atom stereocenters. The average molecular weight is 300 g/mol. The van der Waals surface area contributed by atoms with Gasteiger partial charge in [0.15, 0.2) is 0 Å². The molecule has 0 aliphatic carbocycles. The molecule has 1 aromatic rings. The maximum absolute atomic E-state index is 12.5. The lowest BCUT2D eigenvalue weighted by atomic mass is 10.1. The van der Waals surface area contributed by atoms with Crippen molar-refractivity contribution < 1.29 is 22.7 Å². The van der Waals surface area contributed by atoms with Gasteiger partial charge in [0.2, 0.25) is 0 Å². The van der Waals surface area contributed by atoms with Crippen LogP contribution in [0.2, 0.25) is 0 Å². The maximum Gasteiger partial charge on any atom is 0.433 e. The lowest BCUT2D eigenvalue weighted by Gasteiger charge is -2.17. The highest BCUT2D eigenvalue weighted by molar-refractivity contribution is 5.95. The van der Waals surface area contributed by atoms with Crippen LogP contribution in [0.4, 0.5) is 13.2 Å². The van der Waals surface area contributed by atoms with E-state index in [2.05, 4.69) is 16.9 Å². The standard InChI is InChI=1S/C14H15F3N2O2/c1-3-11-10(6-7-21-11)19-13(20)9-4-5-12(14(15,16)17)18-8(9)2/h3-5,10-11H,1,6-7H2,2H3,(H,19,20)/t10-,11+/m1/s1. The van der Waals surface area contributed by atoms with E-state index in [1.807, 2.05) is 0 Å². The summed E-state index contributed by atoms with van der Waals surface area (Å²) in [5.74, 6) is -0.462. The van der Waals surface area contributed by atoms with E-state index in [0.717, 1.165) is 12.1 Å². The number of aryl methyl sites for hydroxylation is 1. The molecule has 0 spiro atoms. The minimum Gasteiger partial charge on any atom is -0.372 e. The first-order valence-corrected chi connectivity index (χ1v) is 6.43. The second-order valence-electron chi connectivity index (χ2n) is 4.77. The molecule has 114 valence electrons. The minimum atomic E-state index is -4.52. The van der Waals surface area contributed by atoms with Crippen LogP contribution in [-0.2, 0) is 10.9 Å². The van der Waals surface area contributed by atoms with E-state index in [1.54, 1.807) is 6.08 Å². The number of aromatic nitrogens is 1. The predicted molar refractivity (Wildman–Crippen MR) is 69.8 cm³/mol. The van der Waals surface area contributed by atoms with Crippen LogP contribution in [0.3, 0.4) is 0 Å². The Kier molecular flexibility index (Phi) is 4.32. The van der Waals surface area contributed by atoms with E-state index in [9.17, 15) is 18.0 Å². The summed E-state index contributed by atoms with van der Waals surface area (Å²) in [7, 11) is 0. The molecular formula is C14H15F3N2O2. The molecule has 0 saturated carbocycles. The maximum atomic E-state index is 12.5. The van der Waals surface area contributed by atoms with Crippen molar-refractivity contribution in [2.45, 2.75) is 31.7 Å². The molecule has 0 aromatic carbocycles. The summed E-state index contributed by atoms with van der Waals surface area (Å²) in [6, 6.07) is 1.72. The van der Waals surface area contributed by atoms with Crippen molar-refractivity contribution in [3.8, 4) is 0 Å². The number of alkyl halides is 3. The van der Waals surface area contributed by atoms with Gasteiger partial charge in [-0.15, -0.1) is 6.58 Å². The number of carbonyl (C=O) groups excluding carboxylic acids is 1. The van der Waals surface area contributed by atoms with E-state index in [1.165, 1.54) is 6.92 Å². The molecule has 7 heteroatoms. The number of amides is 1. The highest BCUT2D eigenvalue weighted by Gasteiger charge is 2.33. The van der Waals surface area contributed by atoms with Crippen molar-refractivity contribution in [1.29, 1.82) is 0 Å². The Hall–Kier alpha value is -1.89. The zero-order valence-electron chi connectivity index (χ0n) is 11.4. The predicted octanol–water partition coefficient (Wildman–Crippen LogP) is 2.48. The molecule has 1 amide bonds. The molecule has 0 bridgehead atoms. The van der Waals surface area contributed by atoms with Gasteiger partial charge >= 0.3 is 6.18 Å². The van der Waals surface area contributed by atoms with Crippen LogP contribution in [0.1, 0.15) is 28.2 Å². The molecule has 1 saturated heterocycles. The third-order valence-corrected chi connectivity index (χ3v) is 3.31. The lowest BCUT2D eigenvalue weighted by molar-refractivity contribution is -0.141. The number of carbonyl (C=O) groups is 1. The third kappa shape index (κ3) is 3.41. The Bertz CT molecular complexity index is 558. The lowest BCUT2D eigenvalue weighted by Crippen LogP contribution is -2.40. The molecule has 2 heterocycles. The highest BCUT2D eigenvalue weighted by Crippen LogP contribution is 2.28. The summed E-state index contributed by atoms with van der Waals surface area (Å²) in [5.41, 5.74) is -0.848. The second kappa shape index (κ2) is 5.85. The van der Waals surface area contributed by atoms with Crippen molar-refractivity contribution in [1.82, 2.24) is 10.3 Å². The molecule has 1 fully saturated rings. The van der Waals surface area contributed by atoms with Crippen LogP contribution in [-0.4, -0.2) is 29.6 Å². The van der Waals surface area contributed by atoms with Gasteiger partial charge in [0, 0.05) is 6.61 Å². The van der Waals surface area contributed by atoms with Gasteiger partial charge in [-0.2, -0.15) is 13.2 Å². The fraction of sp³-hybridized carbons (Fsp3) is 0.429. The number of ether oxygens (including phenoxy) is 1. The van der Waals surface area contributed by atoms with Gasteiger partial charge < -0.3 is 10.1 Å². The Balaban J connectivity index is 2.14. The van der Waals surface area contributed by atoms with Gasteiger partial charge in [0.05, 0.1) is 23.4 Å². The highest BCUT2D eigenvalue weighted by atomic mass is 19.4. The van der Waals surface area contributed by atoms with Crippen LogP contribution < -0.4 is 5.32 Å². The topological polar surface area (TPSA) is 51.2 Å². The number of nitrogens with zero attached hydrogens (tertiary/aromatic N) is 1. The first-order chi connectivity index (χ1) is 9.82. The van der Waals surface area contributed by atoms with Gasteiger partial charge in [-0.25, -0.2) is 4.98 Å². The average Bonchev–Trinajstić information content (AvgIpc) is 2.84. The molecule has 1 aliphatic heterocycles. The van der Waals surface area contributed by atoms with Crippen molar-refractivity contribution in [2.75, 3.05) is 6.61 Å². The first kappa shape index (κ1) is 15.5. The van der Waals surface area contributed by atoms with E-state index < -0.39 is 17.8 Å². The van der Waals surface area contributed by atoms with Crippen molar-refractivity contribution >= 4 is 5.91 Å². The van der Waals surface area contributed by atoms with E-state index >= 15 is 0 Å². The normalized spacial score (nSPS) is 22.1. The zero-order valence-corrected chi connectivity index (χ0v) is 11.4. The minimum absolute atomic E-state index is 0.0383. The summed E-state index contributed by atoms with van der Waals surface area (Å²) >= 11 is 0. The van der Waals surface area contributed by atoms with Gasteiger partial charge in [0.25, 0.3) is 5.91 Å². The van der Waals surface area contributed by atoms with Crippen molar-refractivity contribution in [3.63, 3.8) is 0 Å². The fourth-order valence-corrected chi connectivity index (χ4v) is 2.20. The number of halogens is 3. The first-order valence-electron chi connectivity index (χ1n) is 6.43. The number of nitrogens with one attached hydrogen (secondary N) is 1. The Morgan fingerprint density at radius 1 is 1.52 bits per heavy atom. The summed E-state index contributed by atoms with van der Waals surface area (Å²) < 4.78 is 43.0. The molecule has 21 heavy (non-hydrogen) atoms. The Labute approximate surface area is 120 Å². The summed E-state index contributed by atoms with van der Waals surface area (Å²) in [5, 5.41) is 2.74. The molecule has 2 atom stereocenters. The van der Waals surface area contributed by atoms with E-state index in [0.29, 0.717) is 13.0 Å². The SMILES string of the molecule is C=C[C@@H]1OCC[C@H]1NC(=O)c1ccc(C(F)(F)F)nc1C. The van der Waals surface area contributed by atoms with Gasteiger partial charge in [-0.3, -0.25) is 4.79 Å². The number of hydrogen-bond donors (Lipinski definition) is 1. The van der Waals surface area contributed by atoms with Crippen molar-refractivity contribution in [3.05, 3.63) is 41.7 Å². The largest absolute Gasteiger partial charge is 0.433 e. The van der Waals surface area contributed by atoms with Crippen molar-refractivity contribution in [2.24, 2.45) is 0 Å². The summed E-state index contributed by atoms with van der Waals surface area (Å²) in [6.07, 6.45) is -2.57. The summed E-state index contributed by atoms with van der Waals surface area (Å²) in [4.78, 5) is 15.6. The Morgan fingerprint density at radius 2 is 2.24 bits per heavy atom. The monoisotopic (exact) mass is 300 g/mol. The van der Waals surface area contributed by atoms with Gasteiger partial charge in [-0.05, 0) is 25.5 Å². The number of rotatable bonds is 3. The molecule has 4 nitrogen and oxygen atoms in total. The molecule has 1 aromatic heterocycles. The second-order valence-corrected chi connectivity index (χ2v) is 4.77. The zero-order chi connectivity index (χ0) is 15.6.